The molecule has 0 aliphatic carbocycles. The van der Waals surface area contributed by atoms with Crippen LogP contribution in [0, 0.1) is 10.1 Å². The number of hydrogen-bond acceptors (Lipinski definition) is 4. The van der Waals surface area contributed by atoms with Crippen molar-refractivity contribution in [3.05, 3.63) is 38.9 Å². The number of carbonyl (C=O) groups excluding carboxylic acids is 2. The van der Waals surface area contributed by atoms with E-state index in [0.717, 1.165) is 6.07 Å². The Morgan fingerprint density at radius 3 is 2.47 bits per heavy atom. The van der Waals surface area contributed by atoms with Gasteiger partial charge in [0.1, 0.15) is 0 Å². The van der Waals surface area contributed by atoms with Crippen LogP contribution >= 0.6 is 11.6 Å². The van der Waals surface area contributed by atoms with Crippen molar-refractivity contribution in [1.82, 2.24) is 10.6 Å². The quantitative estimate of drug-likeness (QED) is 0.481. The summed E-state index contributed by atoms with van der Waals surface area (Å²) in [6.45, 7) is 1.91. The number of nitro benzene ring substituents is 1. The van der Waals surface area contributed by atoms with E-state index in [-0.39, 0.29) is 28.7 Å². The first-order valence-corrected chi connectivity index (χ1v) is 5.76. The SMILES string of the molecule is CC(=O)NCCNC(=O)c1ccc([N+](=O)[O-])cc1Cl. The van der Waals surface area contributed by atoms with Gasteiger partial charge in [0.2, 0.25) is 5.91 Å². The molecular formula is C11H12ClN3O4. The van der Waals surface area contributed by atoms with Crippen LogP contribution in [-0.2, 0) is 4.79 Å². The molecule has 7 nitrogen and oxygen atoms in total. The molecule has 0 aliphatic heterocycles. The Morgan fingerprint density at radius 2 is 1.95 bits per heavy atom. The van der Waals surface area contributed by atoms with Crippen LogP contribution in [0.2, 0.25) is 5.02 Å². The molecule has 102 valence electrons. The maximum atomic E-state index is 11.7. The van der Waals surface area contributed by atoms with Crippen LogP contribution in [0.1, 0.15) is 17.3 Å². The fourth-order valence-corrected chi connectivity index (χ4v) is 1.57. The first-order chi connectivity index (χ1) is 8.91. The van der Waals surface area contributed by atoms with Gasteiger partial charge >= 0.3 is 0 Å². The fraction of sp³-hybridized carbons (Fsp3) is 0.273. The van der Waals surface area contributed by atoms with Crippen molar-refractivity contribution in [2.45, 2.75) is 6.92 Å². The zero-order valence-corrected chi connectivity index (χ0v) is 10.9. The minimum atomic E-state index is -0.593. The van der Waals surface area contributed by atoms with Crippen LogP contribution in [0.4, 0.5) is 5.69 Å². The summed E-state index contributed by atoms with van der Waals surface area (Å²) in [6, 6.07) is 3.60. The number of benzene rings is 1. The fourth-order valence-electron chi connectivity index (χ4n) is 1.31. The van der Waals surface area contributed by atoms with Gasteiger partial charge in [-0.2, -0.15) is 0 Å². The van der Waals surface area contributed by atoms with Gasteiger partial charge in [-0.1, -0.05) is 11.6 Å². The molecule has 0 aliphatic rings. The van der Waals surface area contributed by atoms with Crippen LogP contribution in [-0.4, -0.2) is 29.8 Å². The maximum Gasteiger partial charge on any atom is 0.270 e. The molecular weight excluding hydrogens is 274 g/mol. The molecule has 19 heavy (non-hydrogen) atoms. The Balaban J connectivity index is 2.62. The lowest BCUT2D eigenvalue weighted by Crippen LogP contribution is -2.33. The molecule has 0 unspecified atom stereocenters. The van der Waals surface area contributed by atoms with Gasteiger partial charge < -0.3 is 10.6 Å². The van der Waals surface area contributed by atoms with Gasteiger partial charge in [0.15, 0.2) is 0 Å². The summed E-state index contributed by atoms with van der Waals surface area (Å²) < 4.78 is 0. The van der Waals surface area contributed by atoms with Gasteiger partial charge in [-0.25, -0.2) is 0 Å². The molecule has 0 radical (unpaired) electrons. The van der Waals surface area contributed by atoms with Crippen LogP contribution in [0.15, 0.2) is 18.2 Å². The average Bonchev–Trinajstić information content (AvgIpc) is 2.33. The number of halogens is 1. The van der Waals surface area contributed by atoms with Gasteiger partial charge in [0.25, 0.3) is 11.6 Å². The van der Waals surface area contributed by atoms with Gasteiger partial charge in [0, 0.05) is 32.1 Å². The summed E-state index contributed by atoms with van der Waals surface area (Å²) in [7, 11) is 0. The lowest BCUT2D eigenvalue weighted by molar-refractivity contribution is -0.384. The zero-order valence-electron chi connectivity index (χ0n) is 10.1. The molecule has 0 atom stereocenters. The third-order valence-electron chi connectivity index (χ3n) is 2.19. The van der Waals surface area contributed by atoms with Gasteiger partial charge in [-0.3, -0.25) is 19.7 Å². The number of rotatable bonds is 5. The Bertz CT molecular complexity index is 519. The number of amides is 2. The predicted molar refractivity (Wildman–Crippen MR) is 69.1 cm³/mol. The highest BCUT2D eigenvalue weighted by atomic mass is 35.5. The van der Waals surface area contributed by atoms with Crippen LogP contribution in [0.25, 0.3) is 0 Å². The summed E-state index contributed by atoms with van der Waals surface area (Å²) in [5.41, 5.74) is -0.0325. The zero-order chi connectivity index (χ0) is 14.4. The van der Waals surface area contributed by atoms with Crippen molar-refractivity contribution in [1.29, 1.82) is 0 Å². The van der Waals surface area contributed by atoms with E-state index in [2.05, 4.69) is 10.6 Å². The predicted octanol–water partition coefficient (Wildman–Crippen LogP) is 1.11. The van der Waals surface area contributed by atoms with Crippen molar-refractivity contribution in [3.63, 3.8) is 0 Å². The molecule has 0 fully saturated rings. The van der Waals surface area contributed by atoms with Gasteiger partial charge in [-0.05, 0) is 6.07 Å². The molecule has 0 saturated heterocycles. The normalized spacial score (nSPS) is 9.79. The summed E-state index contributed by atoms with van der Waals surface area (Å²) in [5.74, 6) is -0.645. The van der Waals surface area contributed by atoms with E-state index in [1.807, 2.05) is 0 Å². The molecule has 1 aromatic rings. The van der Waals surface area contributed by atoms with E-state index in [9.17, 15) is 19.7 Å². The number of nitro groups is 1. The molecule has 0 aromatic heterocycles. The Morgan fingerprint density at radius 1 is 1.32 bits per heavy atom. The highest BCUT2D eigenvalue weighted by Crippen LogP contribution is 2.22. The van der Waals surface area contributed by atoms with Crippen molar-refractivity contribution in [3.8, 4) is 0 Å². The molecule has 0 heterocycles. The Labute approximate surface area is 114 Å². The summed E-state index contributed by atoms with van der Waals surface area (Å²) in [6.07, 6.45) is 0. The molecule has 0 saturated carbocycles. The monoisotopic (exact) mass is 285 g/mol. The lowest BCUT2D eigenvalue weighted by Gasteiger charge is -2.07. The topological polar surface area (TPSA) is 101 Å². The van der Waals surface area contributed by atoms with Gasteiger partial charge in [0.05, 0.1) is 15.5 Å². The first kappa shape index (κ1) is 14.9. The summed E-state index contributed by atoms with van der Waals surface area (Å²) in [4.78, 5) is 32.2. The third-order valence-corrected chi connectivity index (χ3v) is 2.51. The van der Waals surface area contributed by atoms with E-state index in [0.29, 0.717) is 6.54 Å². The summed E-state index contributed by atoms with van der Waals surface area (Å²) in [5, 5.41) is 15.6. The average molecular weight is 286 g/mol. The second-order valence-electron chi connectivity index (χ2n) is 3.66. The van der Waals surface area contributed by atoms with Crippen molar-refractivity contribution >= 4 is 29.1 Å². The minimum absolute atomic E-state index is 0.00577. The van der Waals surface area contributed by atoms with Crippen LogP contribution in [0.3, 0.4) is 0 Å². The maximum absolute atomic E-state index is 11.7. The number of non-ortho nitro benzene ring substituents is 1. The number of nitrogens with zero attached hydrogens (tertiary/aromatic N) is 1. The second kappa shape index (κ2) is 6.69. The first-order valence-electron chi connectivity index (χ1n) is 5.38. The Kier molecular flexibility index (Phi) is 5.25. The van der Waals surface area contributed by atoms with Crippen LogP contribution in [0.5, 0.6) is 0 Å². The van der Waals surface area contributed by atoms with E-state index in [4.69, 9.17) is 11.6 Å². The van der Waals surface area contributed by atoms with E-state index >= 15 is 0 Å². The lowest BCUT2D eigenvalue weighted by atomic mass is 10.2. The number of carbonyl (C=O) groups is 2. The van der Waals surface area contributed by atoms with E-state index in [1.165, 1.54) is 19.1 Å². The standard InChI is InChI=1S/C11H12ClN3O4/c1-7(16)13-4-5-14-11(17)9-3-2-8(15(18)19)6-10(9)12/h2-3,6H,4-5H2,1H3,(H,13,16)(H,14,17). The van der Waals surface area contributed by atoms with Crippen molar-refractivity contribution < 1.29 is 14.5 Å². The summed E-state index contributed by atoms with van der Waals surface area (Å²) >= 11 is 5.80. The van der Waals surface area contributed by atoms with Crippen molar-refractivity contribution in [2.75, 3.05) is 13.1 Å². The highest BCUT2D eigenvalue weighted by Gasteiger charge is 2.14. The van der Waals surface area contributed by atoms with E-state index < -0.39 is 10.8 Å². The van der Waals surface area contributed by atoms with Crippen LogP contribution < -0.4 is 10.6 Å². The van der Waals surface area contributed by atoms with Gasteiger partial charge in [-0.15, -0.1) is 0 Å². The molecule has 0 bridgehead atoms. The number of hydrogen-bond donors (Lipinski definition) is 2. The highest BCUT2D eigenvalue weighted by molar-refractivity contribution is 6.34. The molecule has 0 spiro atoms. The van der Waals surface area contributed by atoms with Crippen molar-refractivity contribution in [2.24, 2.45) is 0 Å². The molecule has 1 rings (SSSR count). The molecule has 2 amide bonds. The largest absolute Gasteiger partial charge is 0.355 e. The third kappa shape index (κ3) is 4.55. The Hall–Kier alpha value is -2.15. The van der Waals surface area contributed by atoms with E-state index in [1.54, 1.807) is 0 Å². The second-order valence-corrected chi connectivity index (χ2v) is 4.07. The molecule has 2 N–H and O–H groups in total. The smallest absolute Gasteiger partial charge is 0.270 e. The number of nitrogens with one attached hydrogen (secondary N) is 2. The molecule has 1 aromatic carbocycles. The minimum Gasteiger partial charge on any atom is -0.355 e. The molecule has 8 heteroatoms.